The number of aliphatic carboxylic acids is 1. The molecular weight excluding hydrogens is 420 g/mol. The molecule has 1 saturated heterocycles. The topological polar surface area (TPSA) is 199 Å². The third kappa shape index (κ3) is 4.80. The molecule has 0 saturated carbocycles. The zero-order valence-corrected chi connectivity index (χ0v) is 15.5. The summed E-state index contributed by atoms with van der Waals surface area (Å²) in [7, 11) is -5.37. The van der Waals surface area contributed by atoms with E-state index in [1.54, 1.807) is 0 Å². The number of carboxylic acids is 1. The lowest BCUT2D eigenvalue weighted by atomic mass is 9.74. The minimum atomic E-state index is -5.37. The molecule has 1 amide bonds. The Hall–Kier alpha value is -2.62. The van der Waals surface area contributed by atoms with E-state index in [-0.39, 0.29) is 15.9 Å². The summed E-state index contributed by atoms with van der Waals surface area (Å²) >= 11 is 0.828. The van der Waals surface area contributed by atoms with E-state index in [0.717, 1.165) is 18.3 Å². The van der Waals surface area contributed by atoms with Crippen LogP contribution in [0.4, 0.5) is 5.13 Å². The fourth-order valence-electron chi connectivity index (χ4n) is 2.06. The summed E-state index contributed by atoms with van der Waals surface area (Å²) in [5.41, 5.74) is 1.69. The lowest BCUT2D eigenvalue weighted by Gasteiger charge is -2.50. The summed E-state index contributed by atoms with van der Waals surface area (Å²) in [6.07, 6.45) is -1.23. The number of thiazole rings is 1. The van der Waals surface area contributed by atoms with Crippen LogP contribution in [0.1, 0.15) is 32.7 Å². The molecule has 1 aromatic heterocycles. The van der Waals surface area contributed by atoms with E-state index in [9.17, 15) is 22.8 Å². The van der Waals surface area contributed by atoms with Crippen LogP contribution in [0, 0.1) is 5.89 Å². The molecule has 0 bridgehead atoms. The standard InChI is InChI=1S/C13H16N4O9S2/c1-13(2)6(11(21)17(13)26-28(22,23)24)3-8(18)10(16-25-4-9(19)20)7-5-27-12(14)15-7/h5-6H,3-4H2,1-2H3,(H2,14,15)(H,19,20)(H,22,23,24)/b16-10-/t6-/m1/s1/i1D3,4D,6D/t4-,6-,13+. The van der Waals surface area contributed by atoms with E-state index in [4.69, 9.17) is 22.2 Å². The predicted molar refractivity (Wildman–Crippen MR) is 93.3 cm³/mol. The fraction of sp³-hybridized carbons (Fsp3) is 0.462. The number of Topliss-reactive ketones (excluding diaryl/α,β-unsaturated/α-hetero) is 1. The molecule has 2 rings (SSSR count). The highest BCUT2D eigenvalue weighted by Gasteiger charge is 2.57. The number of carboxylic acid groups (broad SMARTS) is 1. The van der Waals surface area contributed by atoms with E-state index in [2.05, 4.69) is 19.3 Å². The monoisotopic (exact) mass is 441 g/mol. The molecule has 0 radical (unpaired) electrons. The van der Waals surface area contributed by atoms with E-state index in [1.807, 2.05) is 0 Å². The van der Waals surface area contributed by atoms with Gasteiger partial charge in [0.2, 0.25) is 6.58 Å². The maximum absolute atomic E-state index is 12.9. The number of hydrogen-bond acceptors (Lipinski definition) is 11. The van der Waals surface area contributed by atoms with Gasteiger partial charge in [-0.1, -0.05) is 5.16 Å². The van der Waals surface area contributed by atoms with Gasteiger partial charge in [0.05, 0.1) is 12.8 Å². The number of nitrogens with zero attached hydrogens (tertiary/aromatic N) is 3. The molecule has 1 aliphatic heterocycles. The summed E-state index contributed by atoms with van der Waals surface area (Å²) < 4.78 is 73.5. The van der Waals surface area contributed by atoms with Gasteiger partial charge in [-0.05, 0) is 13.8 Å². The minimum Gasteiger partial charge on any atom is -0.479 e. The van der Waals surface area contributed by atoms with Crippen molar-refractivity contribution in [3.05, 3.63) is 11.1 Å². The fourth-order valence-corrected chi connectivity index (χ4v) is 3.01. The predicted octanol–water partition coefficient (Wildman–Crippen LogP) is -0.539. The molecule has 0 unspecified atom stereocenters. The number of oxime groups is 1. The number of hydroxylamine groups is 2. The number of carbonyl (C=O) groups excluding carboxylic acids is 2. The number of amides is 1. The van der Waals surface area contributed by atoms with Gasteiger partial charge in [0.15, 0.2) is 16.6 Å². The maximum atomic E-state index is 12.9. The molecule has 13 nitrogen and oxygen atoms in total. The van der Waals surface area contributed by atoms with Crippen molar-refractivity contribution >= 4 is 50.2 Å². The van der Waals surface area contributed by atoms with Crippen LogP contribution in [0.2, 0.25) is 0 Å². The second-order valence-corrected chi connectivity index (χ2v) is 7.22. The molecule has 2 heterocycles. The van der Waals surface area contributed by atoms with Gasteiger partial charge in [0.25, 0.3) is 5.91 Å². The van der Waals surface area contributed by atoms with Crippen LogP contribution < -0.4 is 5.73 Å². The largest absolute Gasteiger partial charge is 0.479 e. The molecule has 0 aliphatic carbocycles. The molecule has 4 N–H and O–H groups in total. The van der Waals surface area contributed by atoms with Crippen LogP contribution in [0.3, 0.4) is 0 Å². The third-order valence-electron chi connectivity index (χ3n) is 3.27. The van der Waals surface area contributed by atoms with Crippen LogP contribution in [0.5, 0.6) is 0 Å². The highest BCUT2D eigenvalue weighted by molar-refractivity contribution is 7.80. The van der Waals surface area contributed by atoms with E-state index >= 15 is 0 Å². The number of nitrogens with two attached hydrogens (primary N) is 1. The van der Waals surface area contributed by atoms with Gasteiger partial charge in [-0.25, -0.2) is 9.78 Å². The number of carbonyl (C=O) groups is 3. The van der Waals surface area contributed by atoms with Crippen molar-refractivity contribution in [3.8, 4) is 0 Å². The molecule has 3 atom stereocenters. The van der Waals surface area contributed by atoms with Crippen LogP contribution in [-0.2, 0) is 33.9 Å². The van der Waals surface area contributed by atoms with Gasteiger partial charge >= 0.3 is 16.4 Å². The number of hydrogen-bond donors (Lipinski definition) is 3. The lowest BCUT2D eigenvalue weighted by molar-refractivity contribution is -0.228. The van der Waals surface area contributed by atoms with Crippen molar-refractivity contribution in [2.24, 2.45) is 11.0 Å². The first-order valence-corrected chi connectivity index (χ1v) is 9.25. The van der Waals surface area contributed by atoms with Crippen molar-refractivity contribution in [2.75, 3.05) is 12.3 Å². The lowest BCUT2D eigenvalue weighted by Crippen LogP contribution is -2.68. The SMILES string of the molecule is [2H][C@@H](O/N=C(\C(=O)C[C@]1([2H])C(=O)N(OS(=O)(=O)O)[C@]1(C)C([2H])([2H])[2H])c1csc(N)n1)C(=O)O. The van der Waals surface area contributed by atoms with Crippen molar-refractivity contribution in [1.82, 2.24) is 10.0 Å². The molecule has 1 fully saturated rings. The van der Waals surface area contributed by atoms with Crippen molar-refractivity contribution in [3.63, 3.8) is 0 Å². The Morgan fingerprint density at radius 3 is 2.82 bits per heavy atom. The van der Waals surface area contributed by atoms with Crippen LogP contribution in [-0.4, -0.2) is 63.6 Å². The molecule has 0 aromatic carbocycles. The quantitative estimate of drug-likeness (QED) is 0.192. The van der Waals surface area contributed by atoms with Crippen LogP contribution in [0.15, 0.2) is 10.5 Å². The van der Waals surface area contributed by atoms with Crippen molar-refractivity contribution in [1.29, 1.82) is 0 Å². The van der Waals surface area contributed by atoms with Gasteiger partial charge in [-0.2, -0.15) is 13.5 Å². The maximum Gasteiger partial charge on any atom is 0.418 e. The second kappa shape index (κ2) is 7.78. The summed E-state index contributed by atoms with van der Waals surface area (Å²) in [5.74, 6) is -7.45. The molecule has 1 aliphatic rings. The molecular formula is C13H16N4O9S2. The van der Waals surface area contributed by atoms with E-state index in [0.29, 0.717) is 0 Å². The van der Waals surface area contributed by atoms with Gasteiger partial charge in [0.1, 0.15) is 5.69 Å². The Labute approximate surface area is 169 Å². The minimum absolute atomic E-state index is 0.0634. The van der Waals surface area contributed by atoms with E-state index < -0.39 is 65.1 Å². The van der Waals surface area contributed by atoms with Gasteiger partial charge in [-0.15, -0.1) is 15.6 Å². The molecule has 1 aromatic rings. The second-order valence-electron chi connectivity index (χ2n) is 5.32. The Kier molecular flexibility index (Phi) is 4.26. The van der Waals surface area contributed by atoms with Crippen molar-refractivity contribution in [2.45, 2.75) is 25.7 Å². The first-order valence-electron chi connectivity index (χ1n) is 9.58. The number of anilines is 1. The third-order valence-corrected chi connectivity index (χ3v) is 4.28. The Morgan fingerprint density at radius 1 is 1.64 bits per heavy atom. The number of aromatic nitrogens is 1. The average Bonchev–Trinajstić information content (AvgIpc) is 3.09. The zero-order valence-electron chi connectivity index (χ0n) is 18.8. The summed E-state index contributed by atoms with van der Waals surface area (Å²) in [6, 6.07) is 0. The van der Waals surface area contributed by atoms with Crippen molar-refractivity contribution < 1.29 is 48.4 Å². The number of nitrogen functional groups attached to an aromatic ring is 1. The summed E-state index contributed by atoms with van der Waals surface area (Å²) in [6.45, 7) is -4.81. The molecule has 154 valence electrons. The first-order chi connectivity index (χ1) is 14.8. The van der Waals surface area contributed by atoms with Gasteiger partial charge < -0.3 is 15.7 Å². The highest BCUT2D eigenvalue weighted by atomic mass is 32.3. The normalized spacial score (nSPS) is 29.5. The average molecular weight is 441 g/mol. The molecule has 15 heteroatoms. The Morgan fingerprint density at radius 2 is 2.32 bits per heavy atom. The van der Waals surface area contributed by atoms with E-state index in [1.165, 1.54) is 5.38 Å². The molecule has 28 heavy (non-hydrogen) atoms. The first kappa shape index (κ1) is 15.3. The highest BCUT2D eigenvalue weighted by Crippen LogP contribution is 2.40. The van der Waals surface area contributed by atoms with Crippen LogP contribution >= 0.6 is 11.3 Å². The Bertz CT molecular complexity index is 1120. The number of rotatable bonds is 9. The molecule has 0 spiro atoms. The Balaban J connectivity index is 2.47. The number of ketones is 1. The smallest absolute Gasteiger partial charge is 0.418 e. The van der Waals surface area contributed by atoms with Crippen LogP contribution in [0.25, 0.3) is 0 Å². The number of β-lactam (4-membered cyclic amide) rings is 1. The van der Waals surface area contributed by atoms with Gasteiger partial charge in [0, 0.05) is 17.3 Å². The van der Waals surface area contributed by atoms with Gasteiger partial charge in [-0.3, -0.25) is 14.1 Å². The summed E-state index contributed by atoms with van der Waals surface area (Å²) in [5, 5.41) is 12.9. The summed E-state index contributed by atoms with van der Waals surface area (Å²) in [4.78, 5) is 44.3. The zero-order chi connectivity index (χ0) is 25.6.